The summed E-state index contributed by atoms with van der Waals surface area (Å²) in [6.45, 7) is 4.74. The van der Waals surface area contributed by atoms with Crippen LogP contribution < -0.4 is 5.32 Å². The van der Waals surface area contributed by atoms with Crippen LogP contribution in [0.5, 0.6) is 5.75 Å². The van der Waals surface area contributed by atoms with Crippen molar-refractivity contribution in [1.82, 2.24) is 15.5 Å². The molecule has 0 bridgehead atoms. The molecule has 2 N–H and O–H groups in total. The van der Waals surface area contributed by atoms with Crippen LogP contribution in [0.25, 0.3) is 11.4 Å². The van der Waals surface area contributed by atoms with Crippen molar-refractivity contribution in [2.75, 3.05) is 6.54 Å². The van der Waals surface area contributed by atoms with Gasteiger partial charge in [0.2, 0.25) is 11.7 Å². The monoisotopic (exact) mass is 273 g/mol. The van der Waals surface area contributed by atoms with E-state index in [2.05, 4.69) is 15.5 Å². The molecule has 1 unspecified atom stereocenters. The van der Waals surface area contributed by atoms with E-state index in [-0.39, 0.29) is 6.04 Å². The van der Waals surface area contributed by atoms with Gasteiger partial charge in [0.25, 0.3) is 0 Å². The summed E-state index contributed by atoms with van der Waals surface area (Å²) in [5, 5.41) is 17.3. The Hall–Kier alpha value is -1.88. The van der Waals surface area contributed by atoms with Crippen molar-refractivity contribution >= 4 is 0 Å². The molecule has 2 heterocycles. The second-order valence-corrected chi connectivity index (χ2v) is 5.42. The van der Waals surface area contributed by atoms with Crippen LogP contribution in [0.4, 0.5) is 0 Å². The predicted octanol–water partition coefficient (Wildman–Crippen LogP) is 2.87. The molecule has 106 valence electrons. The van der Waals surface area contributed by atoms with Gasteiger partial charge in [0.15, 0.2) is 0 Å². The van der Waals surface area contributed by atoms with E-state index < -0.39 is 0 Å². The molecule has 0 aliphatic carbocycles. The van der Waals surface area contributed by atoms with Crippen molar-refractivity contribution in [2.24, 2.45) is 0 Å². The van der Waals surface area contributed by atoms with Gasteiger partial charge >= 0.3 is 0 Å². The Labute approximate surface area is 118 Å². The Kier molecular flexibility index (Phi) is 3.44. The second-order valence-electron chi connectivity index (χ2n) is 5.42. The summed E-state index contributed by atoms with van der Waals surface area (Å²) in [5.74, 6) is 1.56. The number of benzene rings is 1. The Morgan fingerprint density at radius 3 is 2.65 bits per heavy atom. The maximum Gasteiger partial charge on any atom is 0.244 e. The first-order chi connectivity index (χ1) is 9.65. The van der Waals surface area contributed by atoms with Crippen molar-refractivity contribution in [2.45, 2.75) is 39.2 Å². The topological polar surface area (TPSA) is 71.2 Å². The molecular formula is C15H19N3O2. The summed E-state index contributed by atoms with van der Waals surface area (Å²) in [5.41, 5.74) is 2.52. The summed E-state index contributed by atoms with van der Waals surface area (Å²) in [6.07, 6.45) is 3.43. The van der Waals surface area contributed by atoms with E-state index in [1.165, 1.54) is 12.8 Å². The lowest BCUT2D eigenvalue weighted by Crippen LogP contribution is -2.26. The van der Waals surface area contributed by atoms with E-state index in [0.29, 0.717) is 17.5 Å². The van der Waals surface area contributed by atoms with Crippen molar-refractivity contribution in [1.29, 1.82) is 0 Å². The summed E-state index contributed by atoms with van der Waals surface area (Å²) in [7, 11) is 0. The van der Waals surface area contributed by atoms with Crippen LogP contribution in [0, 0.1) is 13.8 Å². The maximum atomic E-state index is 9.81. The zero-order valence-electron chi connectivity index (χ0n) is 11.8. The van der Waals surface area contributed by atoms with E-state index in [1.54, 1.807) is 0 Å². The SMILES string of the molecule is Cc1cc(-c2noc(C3CCCCN3)n2)cc(C)c1O. The lowest BCUT2D eigenvalue weighted by Gasteiger charge is -2.19. The summed E-state index contributed by atoms with van der Waals surface area (Å²) < 4.78 is 5.38. The third-order valence-electron chi connectivity index (χ3n) is 3.80. The number of hydrogen-bond donors (Lipinski definition) is 2. The molecule has 1 aliphatic rings. The average Bonchev–Trinajstić information content (AvgIpc) is 2.95. The molecule has 5 heteroatoms. The molecule has 0 spiro atoms. The number of aryl methyl sites for hydroxylation is 2. The van der Waals surface area contributed by atoms with E-state index in [0.717, 1.165) is 29.7 Å². The number of phenols is 1. The Morgan fingerprint density at radius 2 is 2.00 bits per heavy atom. The van der Waals surface area contributed by atoms with Gasteiger partial charge in [-0.15, -0.1) is 0 Å². The molecule has 1 saturated heterocycles. The molecule has 3 rings (SSSR count). The summed E-state index contributed by atoms with van der Waals surface area (Å²) >= 11 is 0. The maximum absolute atomic E-state index is 9.81. The highest BCUT2D eigenvalue weighted by Crippen LogP contribution is 2.29. The van der Waals surface area contributed by atoms with Crippen LogP contribution >= 0.6 is 0 Å². The van der Waals surface area contributed by atoms with Gasteiger partial charge in [-0.3, -0.25) is 0 Å². The van der Waals surface area contributed by atoms with Crippen LogP contribution in [0.2, 0.25) is 0 Å². The number of phenolic OH excluding ortho intramolecular Hbond substituents is 1. The Balaban J connectivity index is 1.89. The summed E-state index contributed by atoms with van der Waals surface area (Å²) in [4.78, 5) is 4.49. The molecule has 20 heavy (non-hydrogen) atoms. The fourth-order valence-corrected chi connectivity index (χ4v) is 2.64. The number of aromatic hydroxyl groups is 1. The molecule has 1 atom stereocenters. The fourth-order valence-electron chi connectivity index (χ4n) is 2.64. The quantitative estimate of drug-likeness (QED) is 0.880. The highest BCUT2D eigenvalue weighted by Gasteiger charge is 2.21. The van der Waals surface area contributed by atoms with E-state index >= 15 is 0 Å². The largest absolute Gasteiger partial charge is 0.507 e. The first kappa shape index (κ1) is 13.1. The van der Waals surface area contributed by atoms with Crippen LogP contribution in [0.3, 0.4) is 0 Å². The standard InChI is InChI=1S/C15H19N3O2/c1-9-7-11(8-10(2)13(9)19)14-17-15(20-18-14)12-5-3-4-6-16-12/h7-8,12,16,19H,3-6H2,1-2H3. The number of rotatable bonds is 2. The minimum atomic E-state index is 0.171. The second kappa shape index (κ2) is 5.25. The number of hydrogen-bond acceptors (Lipinski definition) is 5. The molecule has 0 amide bonds. The average molecular weight is 273 g/mol. The summed E-state index contributed by atoms with van der Waals surface area (Å²) in [6, 6.07) is 3.93. The van der Waals surface area contributed by atoms with Crippen molar-refractivity contribution in [3.05, 3.63) is 29.2 Å². The van der Waals surface area contributed by atoms with Crippen molar-refractivity contribution in [3.8, 4) is 17.1 Å². The number of piperidine rings is 1. The van der Waals surface area contributed by atoms with Crippen LogP contribution in [0.1, 0.15) is 42.3 Å². The van der Waals surface area contributed by atoms with Gasteiger partial charge in [0.1, 0.15) is 5.75 Å². The van der Waals surface area contributed by atoms with E-state index in [4.69, 9.17) is 4.52 Å². The number of nitrogens with one attached hydrogen (secondary N) is 1. The van der Waals surface area contributed by atoms with Gasteiger partial charge < -0.3 is 14.9 Å². The lowest BCUT2D eigenvalue weighted by atomic mass is 10.0. The smallest absolute Gasteiger partial charge is 0.244 e. The fraction of sp³-hybridized carbons (Fsp3) is 0.467. The first-order valence-electron chi connectivity index (χ1n) is 7.02. The normalized spacial score (nSPS) is 19.2. The molecule has 1 aromatic carbocycles. The Bertz CT molecular complexity index is 592. The predicted molar refractivity (Wildman–Crippen MR) is 75.5 cm³/mol. The minimum absolute atomic E-state index is 0.171. The number of aromatic nitrogens is 2. The Morgan fingerprint density at radius 1 is 1.25 bits per heavy atom. The molecule has 5 nitrogen and oxygen atoms in total. The molecule has 1 aliphatic heterocycles. The molecule has 1 fully saturated rings. The van der Waals surface area contributed by atoms with Crippen LogP contribution in [0.15, 0.2) is 16.7 Å². The van der Waals surface area contributed by atoms with Gasteiger partial charge in [-0.1, -0.05) is 11.6 Å². The molecule has 0 radical (unpaired) electrons. The first-order valence-corrected chi connectivity index (χ1v) is 7.02. The zero-order chi connectivity index (χ0) is 14.1. The molecule has 0 saturated carbocycles. The van der Waals surface area contributed by atoms with Crippen molar-refractivity contribution in [3.63, 3.8) is 0 Å². The van der Waals surface area contributed by atoms with Gasteiger partial charge in [-0.2, -0.15) is 4.98 Å². The van der Waals surface area contributed by atoms with Gasteiger partial charge in [-0.25, -0.2) is 0 Å². The highest BCUT2D eigenvalue weighted by atomic mass is 16.5. The lowest BCUT2D eigenvalue weighted by molar-refractivity contribution is 0.297. The number of nitrogens with zero attached hydrogens (tertiary/aromatic N) is 2. The van der Waals surface area contributed by atoms with E-state index in [1.807, 2.05) is 26.0 Å². The zero-order valence-corrected chi connectivity index (χ0v) is 11.8. The van der Waals surface area contributed by atoms with Crippen LogP contribution in [-0.4, -0.2) is 21.8 Å². The molecule has 1 aromatic heterocycles. The minimum Gasteiger partial charge on any atom is -0.507 e. The third-order valence-corrected chi connectivity index (χ3v) is 3.80. The third kappa shape index (κ3) is 2.41. The van der Waals surface area contributed by atoms with Gasteiger partial charge in [-0.05, 0) is 56.5 Å². The molecule has 2 aromatic rings. The van der Waals surface area contributed by atoms with Crippen molar-refractivity contribution < 1.29 is 9.63 Å². The van der Waals surface area contributed by atoms with Gasteiger partial charge in [0, 0.05) is 5.56 Å². The highest BCUT2D eigenvalue weighted by molar-refractivity contribution is 5.60. The van der Waals surface area contributed by atoms with Gasteiger partial charge in [0.05, 0.1) is 6.04 Å². The van der Waals surface area contributed by atoms with Crippen LogP contribution in [-0.2, 0) is 0 Å². The van der Waals surface area contributed by atoms with E-state index in [9.17, 15) is 5.11 Å². The molecular weight excluding hydrogens is 254 g/mol.